The summed E-state index contributed by atoms with van der Waals surface area (Å²) >= 11 is 6.14. The largest absolute Gasteiger partial charge is 0.455 e. The molecule has 7 nitrogen and oxygen atoms in total. The molecule has 1 amide bonds. The van der Waals surface area contributed by atoms with Gasteiger partial charge in [0, 0.05) is 23.7 Å². The lowest BCUT2D eigenvalue weighted by Crippen LogP contribution is -2.40. The monoisotopic (exact) mass is 486 g/mol. The number of para-hydroxylation sites is 1. The zero-order valence-electron chi connectivity index (χ0n) is 18.0. The Labute approximate surface area is 197 Å². The molecule has 0 spiro atoms. The molecule has 1 saturated heterocycles. The lowest BCUT2D eigenvalue weighted by Gasteiger charge is -2.26. The van der Waals surface area contributed by atoms with Crippen LogP contribution in [0.1, 0.15) is 15.9 Å². The minimum atomic E-state index is -3.75. The van der Waals surface area contributed by atoms with E-state index in [0.29, 0.717) is 41.0 Å². The highest BCUT2D eigenvalue weighted by atomic mass is 35.5. The van der Waals surface area contributed by atoms with Crippen molar-refractivity contribution in [3.05, 3.63) is 82.9 Å². The maximum Gasteiger partial charge on any atom is 0.255 e. The maximum atomic E-state index is 13.1. The summed E-state index contributed by atoms with van der Waals surface area (Å²) in [5.74, 6) is 0.533. The number of hydrogen-bond donors (Lipinski definition) is 1. The van der Waals surface area contributed by atoms with Gasteiger partial charge < -0.3 is 14.8 Å². The minimum Gasteiger partial charge on any atom is -0.455 e. The number of morpholine rings is 1. The highest BCUT2D eigenvalue weighted by molar-refractivity contribution is 7.89. The molecule has 1 heterocycles. The molecule has 1 fully saturated rings. The number of ether oxygens (including phenoxy) is 2. The van der Waals surface area contributed by atoms with E-state index in [9.17, 15) is 13.2 Å². The van der Waals surface area contributed by atoms with E-state index in [1.165, 1.54) is 10.4 Å². The number of carbonyl (C=O) groups excluding carboxylic acids is 1. The second-order valence-electron chi connectivity index (χ2n) is 7.51. The van der Waals surface area contributed by atoms with Crippen LogP contribution in [0, 0.1) is 6.92 Å². The van der Waals surface area contributed by atoms with Gasteiger partial charge in [-0.05, 0) is 55.0 Å². The summed E-state index contributed by atoms with van der Waals surface area (Å²) in [7, 11) is -3.75. The van der Waals surface area contributed by atoms with E-state index in [-0.39, 0.29) is 23.5 Å². The smallest absolute Gasteiger partial charge is 0.255 e. The third-order valence-corrected chi connectivity index (χ3v) is 7.47. The molecular weight excluding hydrogens is 464 g/mol. The molecule has 0 radical (unpaired) electrons. The van der Waals surface area contributed by atoms with Gasteiger partial charge in [0.1, 0.15) is 5.75 Å². The third kappa shape index (κ3) is 5.36. The molecule has 1 N–H and O–H groups in total. The zero-order valence-corrected chi connectivity index (χ0v) is 19.5. The number of hydrogen-bond acceptors (Lipinski definition) is 5. The molecule has 1 aliphatic rings. The predicted molar refractivity (Wildman–Crippen MR) is 127 cm³/mol. The number of carbonyl (C=O) groups is 1. The van der Waals surface area contributed by atoms with Crippen molar-refractivity contribution < 1.29 is 22.7 Å². The average Bonchev–Trinajstić information content (AvgIpc) is 2.82. The van der Waals surface area contributed by atoms with E-state index in [1.54, 1.807) is 49.4 Å². The van der Waals surface area contributed by atoms with Crippen molar-refractivity contribution in [2.45, 2.75) is 11.8 Å². The first-order valence-electron chi connectivity index (χ1n) is 10.4. The van der Waals surface area contributed by atoms with Crippen LogP contribution < -0.4 is 10.1 Å². The Morgan fingerprint density at radius 2 is 1.76 bits per heavy atom. The Morgan fingerprint density at radius 3 is 2.48 bits per heavy atom. The second kappa shape index (κ2) is 9.93. The number of amides is 1. The molecule has 0 aliphatic carbocycles. The average molecular weight is 487 g/mol. The van der Waals surface area contributed by atoms with Crippen molar-refractivity contribution in [2.75, 3.05) is 31.6 Å². The van der Waals surface area contributed by atoms with E-state index in [2.05, 4.69) is 5.32 Å². The van der Waals surface area contributed by atoms with Crippen LogP contribution in [0.5, 0.6) is 11.5 Å². The minimum absolute atomic E-state index is 0.101. The number of benzene rings is 3. The summed E-state index contributed by atoms with van der Waals surface area (Å²) < 4.78 is 38.8. The molecular formula is C24H23ClN2O5S. The molecule has 33 heavy (non-hydrogen) atoms. The molecule has 3 aromatic rings. The topological polar surface area (TPSA) is 84.9 Å². The lowest BCUT2D eigenvalue weighted by molar-refractivity contribution is 0.0730. The van der Waals surface area contributed by atoms with Crippen LogP contribution in [0.15, 0.2) is 71.6 Å². The number of rotatable bonds is 6. The van der Waals surface area contributed by atoms with Crippen molar-refractivity contribution in [3.63, 3.8) is 0 Å². The van der Waals surface area contributed by atoms with E-state index >= 15 is 0 Å². The van der Waals surface area contributed by atoms with Gasteiger partial charge in [0.25, 0.3) is 5.91 Å². The number of aryl methyl sites for hydroxylation is 1. The summed E-state index contributed by atoms with van der Waals surface area (Å²) in [4.78, 5) is 13.2. The zero-order chi connectivity index (χ0) is 23.4. The number of halogens is 1. The third-order valence-electron chi connectivity index (χ3n) is 5.20. The van der Waals surface area contributed by atoms with Crippen LogP contribution in [-0.4, -0.2) is 44.9 Å². The maximum absolute atomic E-state index is 13.1. The Balaban J connectivity index is 1.61. The second-order valence-corrected chi connectivity index (χ2v) is 9.85. The molecule has 3 aromatic carbocycles. The molecule has 9 heteroatoms. The van der Waals surface area contributed by atoms with Gasteiger partial charge in [0.05, 0.1) is 23.8 Å². The molecule has 0 atom stereocenters. The van der Waals surface area contributed by atoms with Crippen LogP contribution in [0.25, 0.3) is 0 Å². The van der Waals surface area contributed by atoms with E-state index in [1.807, 2.05) is 18.2 Å². The molecule has 0 bridgehead atoms. The summed E-state index contributed by atoms with van der Waals surface area (Å²) in [6.07, 6.45) is 0. The van der Waals surface area contributed by atoms with Gasteiger partial charge in [-0.15, -0.1) is 0 Å². The Hall–Kier alpha value is -2.91. The number of anilines is 1. The van der Waals surface area contributed by atoms with Crippen LogP contribution >= 0.6 is 11.6 Å². The number of sulfonamides is 1. The van der Waals surface area contributed by atoms with Crippen LogP contribution in [0.2, 0.25) is 5.02 Å². The fourth-order valence-electron chi connectivity index (χ4n) is 3.44. The molecule has 1 aliphatic heterocycles. The molecule has 0 unspecified atom stereocenters. The summed E-state index contributed by atoms with van der Waals surface area (Å²) in [5.41, 5.74) is 1.14. The fourth-order valence-corrected chi connectivity index (χ4v) is 5.28. The Kier molecular flexibility index (Phi) is 6.99. The van der Waals surface area contributed by atoms with Crippen LogP contribution in [0.4, 0.5) is 5.69 Å². The summed E-state index contributed by atoms with van der Waals surface area (Å²) in [5, 5.41) is 3.21. The summed E-state index contributed by atoms with van der Waals surface area (Å²) in [6.45, 7) is 2.95. The lowest BCUT2D eigenvalue weighted by atomic mass is 10.1. The predicted octanol–water partition coefficient (Wildman–Crippen LogP) is 4.71. The Morgan fingerprint density at radius 1 is 1.03 bits per heavy atom. The van der Waals surface area contributed by atoms with Gasteiger partial charge in [-0.3, -0.25) is 4.79 Å². The highest BCUT2D eigenvalue weighted by Crippen LogP contribution is 2.32. The molecule has 0 saturated carbocycles. The van der Waals surface area contributed by atoms with Crippen molar-refractivity contribution in [1.82, 2.24) is 4.31 Å². The SMILES string of the molecule is Cc1ccc(C(=O)Nc2cc(Cl)ccc2Oc2ccccc2)cc1S(=O)(=O)N1CCOCC1. The van der Waals surface area contributed by atoms with Crippen LogP contribution in [-0.2, 0) is 14.8 Å². The standard InChI is InChI=1S/C24H23ClN2O5S/c1-17-7-8-18(15-23(17)33(29,30)27-11-13-31-14-12-27)24(28)26-21-16-19(25)9-10-22(21)32-20-5-3-2-4-6-20/h2-10,15-16H,11-14H2,1H3,(H,26,28). The normalized spacial score (nSPS) is 14.6. The van der Waals surface area contributed by atoms with Gasteiger partial charge in [-0.25, -0.2) is 8.42 Å². The molecule has 0 aromatic heterocycles. The van der Waals surface area contributed by atoms with E-state index in [0.717, 1.165) is 0 Å². The van der Waals surface area contributed by atoms with E-state index in [4.69, 9.17) is 21.1 Å². The van der Waals surface area contributed by atoms with Crippen molar-refractivity contribution in [2.24, 2.45) is 0 Å². The van der Waals surface area contributed by atoms with Crippen molar-refractivity contribution in [1.29, 1.82) is 0 Å². The van der Waals surface area contributed by atoms with Gasteiger partial charge >= 0.3 is 0 Å². The van der Waals surface area contributed by atoms with Gasteiger partial charge in [0.2, 0.25) is 10.0 Å². The Bertz CT molecular complexity index is 1260. The number of nitrogens with zero attached hydrogens (tertiary/aromatic N) is 1. The molecule has 4 rings (SSSR count). The van der Waals surface area contributed by atoms with Crippen molar-refractivity contribution in [3.8, 4) is 11.5 Å². The summed E-state index contributed by atoms with van der Waals surface area (Å²) in [6, 6.07) is 18.7. The highest BCUT2D eigenvalue weighted by Gasteiger charge is 2.28. The first-order valence-corrected chi connectivity index (χ1v) is 12.2. The number of nitrogens with one attached hydrogen (secondary N) is 1. The fraction of sp³-hybridized carbons (Fsp3) is 0.208. The van der Waals surface area contributed by atoms with Gasteiger partial charge in [-0.1, -0.05) is 35.9 Å². The first kappa shape index (κ1) is 23.3. The van der Waals surface area contributed by atoms with E-state index < -0.39 is 15.9 Å². The quantitative estimate of drug-likeness (QED) is 0.545. The van der Waals surface area contributed by atoms with Gasteiger partial charge in [-0.2, -0.15) is 4.31 Å². The van der Waals surface area contributed by atoms with Crippen LogP contribution in [0.3, 0.4) is 0 Å². The first-order chi connectivity index (χ1) is 15.8. The van der Waals surface area contributed by atoms with Crippen molar-refractivity contribution >= 4 is 33.2 Å². The molecule has 172 valence electrons. The van der Waals surface area contributed by atoms with Gasteiger partial charge in [0.15, 0.2) is 5.75 Å².